The molecule has 1 fully saturated rings. The maximum absolute atomic E-state index is 12.7. The average Bonchev–Trinajstić information content (AvgIpc) is 3.41. The minimum Gasteiger partial charge on any atom is -0.357 e. The van der Waals surface area contributed by atoms with Crippen LogP contribution in [0.3, 0.4) is 0 Å². The second kappa shape index (κ2) is 5.91. The summed E-state index contributed by atoms with van der Waals surface area (Å²) >= 11 is 0. The van der Waals surface area contributed by atoms with Crippen LogP contribution in [0.1, 0.15) is 28.9 Å². The van der Waals surface area contributed by atoms with E-state index in [4.69, 9.17) is 0 Å². The standard InChI is InChI=1S/C18H17N7O/c26-18-15-10-25(13-3-4-17(21-9-13)23-5-1-2-6-23)22-16(15)11-24(18)14-7-19-12-20-8-14/h3-4,7-10,12H,1-2,5-6,11H2. The Balaban J connectivity index is 1.39. The summed E-state index contributed by atoms with van der Waals surface area (Å²) in [5, 5.41) is 4.57. The monoisotopic (exact) mass is 347 g/mol. The number of hydrogen-bond acceptors (Lipinski definition) is 6. The molecule has 0 spiro atoms. The molecule has 8 nitrogen and oxygen atoms in total. The summed E-state index contributed by atoms with van der Waals surface area (Å²) in [4.78, 5) is 29.1. The Bertz CT molecular complexity index is 945. The highest BCUT2D eigenvalue weighted by atomic mass is 16.2. The molecule has 2 aliphatic rings. The summed E-state index contributed by atoms with van der Waals surface area (Å²) in [5.74, 6) is 0.917. The van der Waals surface area contributed by atoms with Gasteiger partial charge in [0.2, 0.25) is 0 Å². The average molecular weight is 347 g/mol. The molecule has 130 valence electrons. The predicted molar refractivity (Wildman–Crippen MR) is 95.4 cm³/mol. The van der Waals surface area contributed by atoms with E-state index in [-0.39, 0.29) is 5.91 Å². The van der Waals surface area contributed by atoms with Crippen LogP contribution in [0.25, 0.3) is 5.69 Å². The SMILES string of the molecule is O=C1c2cn(-c3ccc(N4CCCC4)nc3)nc2CN1c1cncnc1. The van der Waals surface area contributed by atoms with Gasteiger partial charge in [-0.05, 0) is 25.0 Å². The molecule has 0 unspecified atom stereocenters. The Morgan fingerprint density at radius 1 is 0.962 bits per heavy atom. The number of amides is 1. The summed E-state index contributed by atoms with van der Waals surface area (Å²) in [6, 6.07) is 4.01. The molecule has 8 heteroatoms. The topological polar surface area (TPSA) is 80.0 Å². The number of fused-ring (bicyclic) bond motifs is 1. The van der Waals surface area contributed by atoms with E-state index in [0.29, 0.717) is 17.8 Å². The van der Waals surface area contributed by atoms with Crippen LogP contribution in [0, 0.1) is 0 Å². The highest BCUT2D eigenvalue weighted by molar-refractivity contribution is 6.09. The van der Waals surface area contributed by atoms with Gasteiger partial charge in [-0.2, -0.15) is 5.10 Å². The summed E-state index contributed by atoms with van der Waals surface area (Å²) in [6.07, 6.45) is 10.7. The van der Waals surface area contributed by atoms with Crippen molar-refractivity contribution in [1.29, 1.82) is 0 Å². The van der Waals surface area contributed by atoms with Crippen molar-refractivity contribution < 1.29 is 4.79 Å². The van der Waals surface area contributed by atoms with Crippen molar-refractivity contribution in [2.24, 2.45) is 0 Å². The second-order valence-corrected chi connectivity index (χ2v) is 6.49. The van der Waals surface area contributed by atoms with Crippen LogP contribution >= 0.6 is 0 Å². The van der Waals surface area contributed by atoms with Gasteiger partial charge < -0.3 is 4.90 Å². The van der Waals surface area contributed by atoms with Gasteiger partial charge in [-0.3, -0.25) is 9.69 Å². The number of hydrogen-bond donors (Lipinski definition) is 0. The van der Waals surface area contributed by atoms with Gasteiger partial charge in [-0.25, -0.2) is 19.6 Å². The van der Waals surface area contributed by atoms with Crippen molar-refractivity contribution in [3.63, 3.8) is 0 Å². The normalized spacial score (nSPS) is 16.4. The number of nitrogens with zero attached hydrogens (tertiary/aromatic N) is 7. The van der Waals surface area contributed by atoms with Crippen LogP contribution < -0.4 is 9.80 Å². The van der Waals surface area contributed by atoms with E-state index >= 15 is 0 Å². The molecule has 5 rings (SSSR count). The summed E-state index contributed by atoms with van der Waals surface area (Å²) in [6.45, 7) is 2.56. The highest BCUT2D eigenvalue weighted by Gasteiger charge is 2.32. The van der Waals surface area contributed by atoms with Crippen molar-refractivity contribution in [2.45, 2.75) is 19.4 Å². The number of carbonyl (C=O) groups is 1. The third kappa shape index (κ3) is 2.42. The molecular formula is C18H17N7O. The maximum Gasteiger partial charge on any atom is 0.262 e. The lowest BCUT2D eigenvalue weighted by Crippen LogP contribution is -2.24. The third-order valence-corrected chi connectivity index (χ3v) is 4.86. The van der Waals surface area contributed by atoms with Crippen LogP contribution in [-0.2, 0) is 6.54 Å². The summed E-state index contributed by atoms with van der Waals surface area (Å²) in [7, 11) is 0. The van der Waals surface area contributed by atoms with E-state index in [9.17, 15) is 4.79 Å². The van der Waals surface area contributed by atoms with Gasteiger partial charge in [0.25, 0.3) is 5.91 Å². The Morgan fingerprint density at radius 3 is 2.46 bits per heavy atom. The van der Waals surface area contributed by atoms with E-state index in [2.05, 4.69) is 25.0 Å². The minimum absolute atomic E-state index is 0.0808. The molecule has 2 aliphatic heterocycles. The predicted octanol–water partition coefficient (Wildman–Crippen LogP) is 1.82. The molecule has 5 heterocycles. The molecule has 0 saturated carbocycles. The van der Waals surface area contributed by atoms with Gasteiger partial charge in [0.15, 0.2) is 0 Å². The zero-order valence-corrected chi connectivity index (χ0v) is 14.1. The number of carbonyl (C=O) groups excluding carboxylic acids is 1. The molecule has 0 aliphatic carbocycles. The Hall–Kier alpha value is -3.29. The number of aromatic nitrogens is 5. The van der Waals surface area contributed by atoms with Crippen molar-refractivity contribution in [3.8, 4) is 5.69 Å². The van der Waals surface area contributed by atoms with Crippen LogP contribution in [0.15, 0.2) is 43.2 Å². The van der Waals surface area contributed by atoms with E-state index in [0.717, 1.165) is 30.3 Å². The van der Waals surface area contributed by atoms with E-state index in [1.165, 1.54) is 19.2 Å². The number of rotatable bonds is 3. The minimum atomic E-state index is -0.0808. The van der Waals surface area contributed by atoms with Gasteiger partial charge in [0.1, 0.15) is 12.1 Å². The number of anilines is 2. The molecule has 0 radical (unpaired) electrons. The fraction of sp³-hybridized carbons (Fsp3) is 0.278. The molecule has 0 bridgehead atoms. The fourth-order valence-corrected chi connectivity index (χ4v) is 3.49. The van der Waals surface area contributed by atoms with E-state index in [1.807, 2.05) is 18.3 Å². The van der Waals surface area contributed by atoms with Gasteiger partial charge in [-0.15, -0.1) is 0 Å². The van der Waals surface area contributed by atoms with Gasteiger partial charge in [0.05, 0.1) is 47.8 Å². The van der Waals surface area contributed by atoms with E-state index < -0.39 is 0 Å². The molecule has 26 heavy (non-hydrogen) atoms. The van der Waals surface area contributed by atoms with Crippen molar-refractivity contribution in [2.75, 3.05) is 22.9 Å². The van der Waals surface area contributed by atoms with Crippen LogP contribution in [0.5, 0.6) is 0 Å². The lowest BCUT2D eigenvalue weighted by atomic mass is 10.3. The third-order valence-electron chi connectivity index (χ3n) is 4.86. The first-order chi connectivity index (χ1) is 12.8. The first kappa shape index (κ1) is 15.0. The molecule has 0 N–H and O–H groups in total. The zero-order valence-electron chi connectivity index (χ0n) is 14.1. The summed E-state index contributed by atoms with van der Waals surface area (Å²) < 4.78 is 1.72. The smallest absolute Gasteiger partial charge is 0.262 e. The molecular weight excluding hydrogens is 330 g/mol. The highest BCUT2D eigenvalue weighted by Crippen LogP contribution is 2.27. The van der Waals surface area contributed by atoms with Crippen LogP contribution in [0.4, 0.5) is 11.5 Å². The molecule has 1 saturated heterocycles. The quantitative estimate of drug-likeness (QED) is 0.719. The van der Waals surface area contributed by atoms with Crippen molar-refractivity contribution >= 4 is 17.4 Å². The van der Waals surface area contributed by atoms with Crippen molar-refractivity contribution in [3.05, 3.63) is 54.5 Å². The first-order valence-corrected chi connectivity index (χ1v) is 8.66. The second-order valence-electron chi connectivity index (χ2n) is 6.49. The molecule has 3 aromatic rings. The zero-order chi connectivity index (χ0) is 17.5. The van der Waals surface area contributed by atoms with Crippen molar-refractivity contribution in [1.82, 2.24) is 24.7 Å². The fourth-order valence-electron chi connectivity index (χ4n) is 3.49. The maximum atomic E-state index is 12.7. The van der Waals surface area contributed by atoms with E-state index in [1.54, 1.807) is 28.2 Å². The Morgan fingerprint density at radius 2 is 1.77 bits per heavy atom. The largest absolute Gasteiger partial charge is 0.357 e. The molecule has 0 aromatic carbocycles. The Kier molecular flexibility index (Phi) is 3.41. The Labute approximate surface area is 150 Å². The first-order valence-electron chi connectivity index (χ1n) is 8.66. The summed E-state index contributed by atoms with van der Waals surface area (Å²) in [5.41, 5.74) is 2.89. The van der Waals surface area contributed by atoms with Gasteiger partial charge in [0, 0.05) is 19.3 Å². The molecule has 1 amide bonds. The van der Waals surface area contributed by atoms with Crippen LogP contribution in [0.2, 0.25) is 0 Å². The molecule has 0 atom stereocenters. The lowest BCUT2D eigenvalue weighted by molar-refractivity contribution is 0.0996. The van der Waals surface area contributed by atoms with Gasteiger partial charge >= 0.3 is 0 Å². The number of pyridine rings is 1. The lowest BCUT2D eigenvalue weighted by Gasteiger charge is -2.16. The van der Waals surface area contributed by atoms with Crippen LogP contribution in [-0.4, -0.2) is 43.7 Å². The van der Waals surface area contributed by atoms with Gasteiger partial charge in [-0.1, -0.05) is 0 Å². The molecule has 3 aromatic heterocycles.